The minimum Gasteiger partial charge on any atom is -0.354 e. The molecule has 0 saturated heterocycles. The zero-order valence-electron chi connectivity index (χ0n) is 13.8. The van der Waals surface area contributed by atoms with Crippen molar-refractivity contribution >= 4 is 23.8 Å². The van der Waals surface area contributed by atoms with Gasteiger partial charge in [-0.2, -0.15) is 15.5 Å². The Kier molecular flexibility index (Phi) is 5.33. The van der Waals surface area contributed by atoms with E-state index in [1.54, 1.807) is 6.21 Å². The van der Waals surface area contributed by atoms with Crippen LogP contribution >= 0.6 is 0 Å². The Labute approximate surface area is 150 Å². The molecule has 0 fully saturated rings. The number of aromatic nitrogens is 1. The van der Waals surface area contributed by atoms with Crippen LogP contribution in [-0.2, 0) is 0 Å². The zero-order chi connectivity index (χ0) is 18.2. The van der Waals surface area contributed by atoms with Crippen LogP contribution in [0.2, 0.25) is 0 Å². The predicted molar refractivity (Wildman–Crippen MR) is 103 cm³/mol. The van der Waals surface area contributed by atoms with Crippen molar-refractivity contribution in [2.24, 2.45) is 10.2 Å². The van der Waals surface area contributed by atoms with Crippen LogP contribution in [0.1, 0.15) is 16.7 Å². The average molecular weight is 341 g/mol. The molecule has 6 heteroatoms. The molecule has 2 aromatic carbocycles. The van der Waals surface area contributed by atoms with Crippen molar-refractivity contribution in [2.75, 3.05) is 5.32 Å². The third kappa shape index (κ3) is 4.10. The highest BCUT2D eigenvalue weighted by molar-refractivity contribution is 5.91. The molecule has 0 atom stereocenters. The fourth-order valence-corrected chi connectivity index (χ4v) is 2.29. The minimum atomic E-state index is -0.462. The number of aromatic amines is 1. The number of rotatable bonds is 5. The number of anilines is 2. The van der Waals surface area contributed by atoms with Crippen molar-refractivity contribution in [3.8, 4) is 6.07 Å². The van der Waals surface area contributed by atoms with Crippen LogP contribution in [0.4, 0.5) is 11.4 Å². The molecule has 1 heterocycles. The SMILES string of the molecule is N#Cc1c(Nc2ccccc2)c(/C=N\N=C/c2ccccc2)c[nH]c1=O. The highest BCUT2D eigenvalue weighted by atomic mass is 16.1. The summed E-state index contributed by atoms with van der Waals surface area (Å²) in [5, 5.41) is 20.5. The largest absolute Gasteiger partial charge is 0.354 e. The van der Waals surface area contributed by atoms with Crippen LogP contribution in [0.15, 0.2) is 81.9 Å². The number of H-pyrrole nitrogens is 1. The number of hydrogen-bond acceptors (Lipinski definition) is 5. The van der Waals surface area contributed by atoms with E-state index in [9.17, 15) is 10.1 Å². The lowest BCUT2D eigenvalue weighted by Crippen LogP contribution is -2.14. The highest BCUT2D eigenvalue weighted by Gasteiger charge is 2.11. The molecule has 126 valence electrons. The molecular formula is C20H15N5O. The lowest BCUT2D eigenvalue weighted by atomic mass is 10.1. The first-order valence-electron chi connectivity index (χ1n) is 7.87. The van der Waals surface area contributed by atoms with Crippen LogP contribution in [0.3, 0.4) is 0 Å². The predicted octanol–water partition coefficient (Wildman–Crippen LogP) is 3.44. The first-order valence-corrected chi connectivity index (χ1v) is 7.87. The maximum atomic E-state index is 11.9. The number of nitriles is 1. The summed E-state index contributed by atoms with van der Waals surface area (Å²) in [5.74, 6) is 0. The summed E-state index contributed by atoms with van der Waals surface area (Å²) in [5.41, 5.74) is 2.15. The van der Waals surface area contributed by atoms with Gasteiger partial charge < -0.3 is 10.3 Å². The van der Waals surface area contributed by atoms with E-state index in [4.69, 9.17) is 0 Å². The molecule has 3 rings (SSSR count). The molecule has 0 spiro atoms. The van der Waals surface area contributed by atoms with Gasteiger partial charge in [-0.25, -0.2) is 0 Å². The fourth-order valence-electron chi connectivity index (χ4n) is 2.29. The van der Waals surface area contributed by atoms with Gasteiger partial charge in [0.1, 0.15) is 11.6 Å². The van der Waals surface area contributed by atoms with E-state index in [-0.39, 0.29) is 5.56 Å². The quantitative estimate of drug-likeness (QED) is 0.550. The van der Waals surface area contributed by atoms with E-state index >= 15 is 0 Å². The van der Waals surface area contributed by atoms with Gasteiger partial charge in [0.05, 0.1) is 18.1 Å². The first kappa shape index (κ1) is 16.9. The van der Waals surface area contributed by atoms with Crippen molar-refractivity contribution in [3.63, 3.8) is 0 Å². The zero-order valence-corrected chi connectivity index (χ0v) is 13.8. The van der Waals surface area contributed by atoms with Gasteiger partial charge in [-0.15, -0.1) is 0 Å². The Morgan fingerprint density at radius 3 is 2.31 bits per heavy atom. The van der Waals surface area contributed by atoms with Gasteiger partial charge in [0.15, 0.2) is 0 Å². The fraction of sp³-hybridized carbons (Fsp3) is 0. The van der Waals surface area contributed by atoms with Gasteiger partial charge in [-0.05, 0) is 17.7 Å². The van der Waals surface area contributed by atoms with Crippen LogP contribution in [0, 0.1) is 11.3 Å². The molecule has 0 aliphatic carbocycles. The van der Waals surface area contributed by atoms with E-state index in [0.29, 0.717) is 11.3 Å². The molecule has 2 N–H and O–H groups in total. The second kappa shape index (κ2) is 8.22. The third-order valence-electron chi connectivity index (χ3n) is 3.55. The van der Waals surface area contributed by atoms with Gasteiger partial charge in [0, 0.05) is 17.4 Å². The van der Waals surface area contributed by atoms with E-state index in [1.165, 1.54) is 12.4 Å². The van der Waals surface area contributed by atoms with Crippen molar-refractivity contribution in [2.45, 2.75) is 0 Å². The van der Waals surface area contributed by atoms with Crippen molar-refractivity contribution in [1.82, 2.24) is 4.98 Å². The second-order valence-electron chi connectivity index (χ2n) is 5.33. The first-order chi connectivity index (χ1) is 12.8. The summed E-state index contributed by atoms with van der Waals surface area (Å²) in [6, 6.07) is 20.8. The van der Waals surface area contributed by atoms with Gasteiger partial charge >= 0.3 is 0 Å². The molecule has 0 aliphatic rings. The van der Waals surface area contributed by atoms with Crippen LogP contribution in [-0.4, -0.2) is 17.4 Å². The minimum absolute atomic E-state index is 0.00941. The molecule has 0 saturated carbocycles. The molecule has 26 heavy (non-hydrogen) atoms. The van der Waals surface area contributed by atoms with Gasteiger partial charge in [0.25, 0.3) is 5.56 Å². The monoisotopic (exact) mass is 341 g/mol. The van der Waals surface area contributed by atoms with E-state index in [0.717, 1.165) is 11.3 Å². The Balaban J connectivity index is 1.91. The van der Waals surface area contributed by atoms with Crippen molar-refractivity contribution in [3.05, 3.63) is 93.9 Å². The third-order valence-corrected chi connectivity index (χ3v) is 3.55. The smallest absolute Gasteiger partial charge is 0.268 e. The second-order valence-corrected chi connectivity index (χ2v) is 5.33. The Morgan fingerprint density at radius 2 is 1.62 bits per heavy atom. The molecule has 0 radical (unpaired) electrons. The lowest BCUT2D eigenvalue weighted by molar-refractivity contribution is 1.20. The average Bonchev–Trinajstić information content (AvgIpc) is 2.68. The summed E-state index contributed by atoms with van der Waals surface area (Å²) in [7, 11) is 0. The highest BCUT2D eigenvalue weighted by Crippen LogP contribution is 2.21. The number of para-hydroxylation sites is 1. The van der Waals surface area contributed by atoms with Crippen LogP contribution in [0.5, 0.6) is 0 Å². The van der Waals surface area contributed by atoms with Crippen LogP contribution in [0.25, 0.3) is 0 Å². The molecule has 0 aliphatic heterocycles. The molecule has 0 bridgehead atoms. The van der Waals surface area contributed by atoms with Crippen molar-refractivity contribution in [1.29, 1.82) is 5.26 Å². The van der Waals surface area contributed by atoms with Crippen molar-refractivity contribution < 1.29 is 0 Å². The van der Waals surface area contributed by atoms with E-state index < -0.39 is 5.56 Å². The molecule has 3 aromatic rings. The normalized spacial score (nSPS) is 10.9. The number of benzene rings is 2. The standard InChI is InChI=1S/C20H15N5O/c21-11-18-19(25-17-9-5-2-6-10-17)16(13-22-20(18)26)14-24-23-12-15-7-3-1-4-8-15/h1-10,12-14H,(H2,22,25,26)/b23-12-,24-14-. The van der Waals surface area contributed by atoms with Gasteiger partial charge in [0.2, 0.25) is 0 Å². The number of hydrogen-bond donors (Lipinski definition) is 2. The lowest BCUT2D eigenvalue weighted by Gasteiger charge is -2.10. The maximum Gasteiger partial charge on any atom is 0.268 e. The van der Waals surface area contributed by atoms with Gasteiger partial charge in [-0.3, -0.25) is 4.79 Å². The topological polar surface area (TPSA) is 93.4 Å². The van der Waals surface area contributed by atoms with Crippen LogP contribution < -0.4 is 10.9 Å². The summed E-state index contributed by atoms with van der Waals surface area (Å²) in [6.45, 7) is 0. The maximum absolute atomic E-state index is 11.9. The Bertz CT molecular complexity index is 1030. The molecule has 0 unspecified atom stereocenters. The Hall–Kier alpha value is -3.98. The summed E-state index contributed by atoms with van der Waals surface area (Å²) < 4.78 is 0. The molecule has 0 amide bonds. The summed E-state index contributed by atoms with van der Waals surface area (Å²) >= 11 is 0. The molecule has 1 aromatic heterocycles. The molecular weight excluding hydrogens is 326 g/mol. The Morgan fingerprint density at radius 1 is 0.962 bits per heavy atom. The van der Waals surface area contributed by atoms with E-state index in [2.05, 4.69) is 20.5 Å². The molecule has 6 nitrogen and oxygen atoms in total. The number of nitrogens with zero attached hydrogens (tertiary/aromatic N) is 3. The summed E-state index contributed by atoms with van der Waals surface area (Å²) in [6.07, 6.45) is 4.61. The number of nitrogens with one attached hydrogen (secondary N) is 2. The number of pyridine rings is 1. The van der Waals surface area contributed by atoms with E-state index in [1.807, 2.05) is 66.7 Å². The van der Waals surface area contributed by atoms with Gasteiger partial charge in [-0.1, -0.05) is 48.5 Å². The summed E-state index contributed by atoms with van der Waals surface area (Å²) in [4.78, 5) is 14.5.